The number of hydrogen-bond donors (Lipinski definition) is 2. The molecule has 0 aliphatic carbocycles. The second-order valence-corrected chi connectivity index (χ2v) is 5.13. The molecule has 0 radical (unpaired) electrons. The van der Waals surface area contributed by atoms with Gasteiger partial charge in [-0.1, -0.05) is 29.8 Å². The van der Waals surface area contributed by atoms with Gasteiger partial charge in [-0.2, -0.15) is 5.10 Å². The van der Waals surface area contributed by atoms with Gasteiger partial charge in [0, 0.05) is 11.6 Å². The van der Waals surface area contributed by atoms with Gasteiger partial charge in [-0.15, -0.1) is 0 Å². The van der Waals surface area contributed by atoms with Crippen LogP contribution in [-0.4, -0.2) is 16.1 Å². The van der Waals surface area contributed by atoms with Crippen molar-refractivity contribution in [1.29, 1.82) is 0 Å². The molecule has 1 aromatic heterocycles. The predicted molar refractivity (Wildman–Crippen MR) is 83.3 cm³/mol. The maximum Gasteiger partial charge on any atom is 0.273 e. The highest BCUT2D eigenvalue weighted by Crippen LogP contribution is 2.26. The topological polar surface area (TPSA) is 57.8 Å². The Balaban J connectivity index is 1.83. The molecule has 2 aromatic carbocycles. The van der Waals surface area contributed by atoms with Crippen LogP contribution in [-0.2, 0) is 0 Å². The van der Waals surface area contributed by atoms with Crippen LogP contribution in [0.2, 0.25) is 5.02 Å². The minimum atomic E-state index is -0.857. The lowest BCUT2D eigenvalue weighted by atomic mass is 10.1. The summed E-state index contributed by atoms with van der Waals surface area (Å²) in [5, 5.41) is 9.43. The van der Waals surface area contributed by atoms with Crippen LogP contribution in [0.4, 0.5) is 14.5 Å². The first-order chi connectivity index (χ1) is 11.0. The minimum absolute atomic E-state index is 0.120. The summed E-state index contributed by atoms with van der Waals surface area (Å²) in [5.41, 5.74) is 1.16. The van der Waals surface area contributed by atoms with E-state index in [1.807, 2.05) is 0 Å². The van der Waals surface area contributed by atoms with Gasteiger partial charge < -0.3 is 5.32 Å². The van der Waals surface area contributed by atoms with Crippen LogP contribution in [0, 0.1) is 11.6 Å². The van der Waals surface area contributed by atoms with Gasteiger partial charge in [0.25, 0.3) is 5.91 Å². The summed E-state index contributed by atoms with van der Waals surface area (Å²) < 4.78 is 26.4. The SMILES string of the molecule is O=C(Nc1ccc(F)cc1F)c1cc(-c2ccccc2Cl)n[nH]1. The van der Waals surface area contributed by atoms with Crippen molar-refractivity contribution in [2.75, 3.05) is 5.32 Å². The van der Waals surface area contributed by atoms with Gasteiger partial charge >= 0.3 is 0 Å². The first-order valence-electron chi connectivity index (χ1n) is 6.61. The highest BCUT2D eigenvalue weighted by atomic mass is 35.5. The maximum atomic E-state index is 13.6. The number of benzene rings is 2. The molecule has 23 heavy (non-hydrogen) atoms. The number of anilines is 1. The lowest BCUT2D eigenvalue weighted by molar-refractivity contribution is 0.102. The van der Waals surface area contributed by atoms with Gasteiger partial charge in [-0.3, -0.25) is 9.89 Å². The largest absolute Gasteiger partial charge is 0.318 e. The Bertz CT molecular complexity index is 879. The molecule has 1 amide bonds. The lowest BCUT2D eigenvalue weighted by Gasteiger charge is -2.04. The number of aromatic nitrogens is 2. The average molecular weight is 334 g/mol. The number of H-pyrrole nitrogens is 1. The fraction of sp³-hybridized carbons (Fsp3) is 0. The van der Waals surface area contributed by atoms with Crippen molar-refractivity contribution in [3.63, 3.8) is 0 Å². The highest BCUT2D eigenvalue weighted by Gasteiger charge is 2.14. The quantitative estimate of drug-likeness (QED) is 0.752. The van der Waals surface area contributed by atoms with Crippen LogP contribution in [0.1, 0.15) is 10.5 Å². The molecule has 0 unspecified atom stereocenters. The second-order valence-electron chi connectivity index (χ2n) is 4.72. The summed E-state index contributed by atoms with van der Waals surface area (Å²) in [6.45, 7) is 0. The first kappa shape index (κ1) is 15.2. The number of nitrogens with zero attached hydrogens (tertiary/aromatic N) is 1. The van der Waals surface area contributed by atoms with Crippen LogP contribution < -0.4 is 5.32 Å². The van der Waals surface area contributed by atoms with Crippen LogP contribution in [0.5, 0.6) is 0 Å². The molecular weight excluding hydrogens is 324 g/mol. The van der Waals surface area contributed by atoms with Crippen molar-refractivity contribution in [3.05, 3.63) is 70.9 Å². The third-order valence-electron chi connectivity index (χ3n) is 3.15. The molecule has 0 saturated heterocycles. The molecule has 0 spiro atoms. The number of rotatable bonds is 3. The molecule has 116 valence electrons. The van der Waals surface area contributed by atoms with E-state index in [-0.39, 0.29) is 11.4 Å². The van der Waals surface area contributed by atoms with E-state index in [9.17, 15) is 13.6 Å². The number of nitrogens with one attached hydrogen (secondary N) is 2. The molecule has 3 rings (SSSR count). The van der Waals surface area contributed by atoms with E-state index in [1.165, 1.54) is 6.07 Å². The smallest absolute Gasteiger partial charge is 0.273 e. The summed E-state index contributed by atoms with van der Waals surface area (Å²) in [7, 11) is 0. The van der Waals surface area contributed by atoms with E-state index >= 15 is 0 Å². The van der Waals surface area contributed by atoms with Crippen molar-refractivity contribution in [3.8, 4) is 11.3 Å². The Morgan fingerprint density at radius 2 is 1.91 bits per heavy atom. The van der Waals surface area contributed by atoms with Crippen molar-refractivity contribution in [2.24, 2.45) is 0 Å². The van der Waals surface area contributed by atoms with Crippen LogP contribution in [0.3, 0.4) is 0 Å². The molecule has 1 heterocycles. The van der Waals surface area contributed by atoms with Gasteiger partial charge in [0.05, 0.1) is 16.4 Å². The number of carbonyl (C=O) groups excluding carboxylic acids is 1. The molecule has 0 aliphatic heterocycles. The van der Waals surface area contributed by atoms with E-state index in [2.05, 4.69) is 15.5 Å². The normalized spacial score (nSPS) is 10.6. The molecule has 7 heteroatoms. The van der Waals surface area contributed by atoms with Crippen molar-refractivity contribution >= 4 is 23.2 Å². The molecule has 2 N–H and O–H groups in total. The van der Waals surface area contributed by atoms with Crippen LogP contribution in [0.15, 0.2) is 48.5 Å². The zero-order valence-electron chi connectivity index (χ0n) is 11.6. The first-order valence-corrected chi connectivity index (χ1v) is 6.99. The Kier molecular flexibility index (Phi) is 4.08. The van der Waals surface area contributed by atoms with E-state index in [4.69, 9.17) is 11.6 Å². The Morgan fingerprint density at radius 3 is 2.65 bits per heavy atom. The third-order valence-corrected chi connectivity index (χ3v) is 3.48. The van der Waals surface area contributed by atoms with Gasteiger partial charge in [0.15, 0.2) is 0 Å². The lowest BCUT2D eigenvalue weighted by Crippen LogP contribution is -2.13. The van der Waals surface area contributed by atoms with Gasteiger partial charge in [-0.25, -0.2) is 8.78 Å². The number of amides is 1. The zero-order valence-corrected chi connectivity index (χ0v) is 12.4. The fourth-order valence-corrected chi connectivity index (χ4v) is 2.26. The number of carbonyl (C=O) groups is 1. The summed E-state index contributed by atoms with van der Waals surface area (Å²) in [5.74, 6) is -2.17. The molecule has 3 aromatic rings. The Morgan fingerprint density at radius 1 is 1.13 bits per heavy atom. The Labute approximate surface area is 135 Å². The molecule has 0 aliphatic rings. The fourth-order valence-electron chi connectivity index (χ4n) is 2.03. The molecule has 0 atom stereocenters. The van der Waals surface area contributed by atoms with E-state index < -0.39 is 17.5 Å². The Hall–Kier alpha value is -2.73. The predicted octanol–water partition coefficient (Wildman–Crippen LogP) is 4.26. The van der Waals surface area contributed by atoms with Gasteiger partial charge in [0.2, 0.25) is 0 Å². The van der Waals surface area contributed by atoms with Crippen molar-refractivity contribution < 1.29 is 13.6 Å². The molecule has 4 nitrogen and oxygen atoms in total. The van der Waals surface area contributed by atoms with Crippen LogP contribution in [0.25, 0.3) is 11.3 Å². The van der Waals surface area contributed by atoms with E-state index in [1.54, 1.807) is 24.3 Å². The molecular formula is C16H10ClF2N3O. The van der Waals surface area contributed by atoms with Crippen molar-refractivity contribution in [2.45, 2.75) is 0 Å². The second kappa shape index (κ2) is 6.18. The summed E-state index contributed by atoms with van der Waals surface area (Å²) in [6.07, 6.45) is 0. The standard InChI is InChI=1S/C16H10ClF2N3O/c17-11-4-2-1-3-10(11)14-8-15(22-21-14)16(23)20-13-6-5-9(18)7-12(13)19/h1-8H,(H,20,23)(H,21,22). The number of hydrogen-bond acceptors (Lipinski definition) is 2. The molecule has 0 bridgehead atoms. The van der Waals surface area contributed by atoms with E-state index in [0.29, 0.717) is 22.3 Å². The summed E-state index contributed by atoms with van der Waals surface area (Å²) in [4.78, 5) is 12.1. The summed E-state index contributed by atoms with van der Waals surface area (Å²) in [6, 6.07) is 11.4. The zero-order chi connectivity index (χ0) is 16.4. The van der Waals surface area contributed by atoms with Gasteiger partial charge in [-0.05, 0) is 24.3 Å². The van der Waals surface area contributed by atoms with Crippen LogP contribution >= 0.6 is 11.6 Å². The molecule has 0 saturated carbocycles. The molecule has 0 fully saturated rings. The van der Waals surface area contributed by atoms with Crippen molar-refractivity contribution in [1.82, 2.24) is 10.2 Å². The monoisotopic (exact) mass is 333 g/mol. The third kappa shape index (κ3) is 3.22. The van der Waals surface area contributed by atoms with Gasteiger partial charge in [0.1, 0.15) is 17.3 Å². The van der Waals surface area contributed by atoms with E-state index in [0.717, 1.165) is 12.1 Å². The maximum absolute atomic E-state index is 13.6. The highest BCUT2D eigenvalue weighted by molar-refractivity contribution is 6.33. The summed E-state index contributed by atoms with van der Waals surface area (Å²) >= 11 is 6.07. The average Bonchev–Trinajstić information content (AvgIpc) is 3.00. The number of aromatic amines is 1. The minimum Gasteiger partial charge on any atom is -0.318 e. The number of halogens is 3.